The van der Waals surface area contributed by atoms with Crippen molar-refractivity contribution in [2.75, 3.05) is 58.9 Å². The smallest absolute Gasteiger partial charge is 0.255 e. The van der Waals surface area contributed by atoms with Gasteiger partial charge in [0.2, 0.25) is 11.8 Å². The van der Waals surface area contributed by atoms with E-state index in [0.717, 1.165) is 0 Å². The Morgan fingerprint density at radius 1 is 1.02 bits per heavy atom. The van der Waals surface area contributed by atoms with Crippen LogP contribution in [-0.2, 0) is 9.59 Å². The molecule has 1 saturated heterocycles. The summed E-state index contributed by atoms with van der Waals surface area (Å²) in [6.45, 7) is 2.81. The maximum atomic E-state index is 13.4. The van der Waals surface area contributed by atoms with Crippen molar-refractivity contribution in [2.45, 2.75) is 32.1 Å². The van der Waals surface area contributed by atoms with Crippen LogP contribution in [0, 0.1) is 5.41 Å². The zero-order chi connectivity index (χ0) is 29.1. The van der Waals surface area contributed by atoms with Crippen LogP contribution >= 0.6 is 0 Å². The van der Waals surface area contributed by atoms with Crippen LogP contribution in [0.25, 0.3) is 0 Å². The van der Waals surface area contributed by atoms with Crippen molar-refractivity contribution in [3.8, 4) is 17.2 Å². The molecule has 2 aromatic rings. The highest BCUT2D eigenvalue weighted by Crippen LogP contribution is 2.36. The van der Waals surface area contributed by atoms with Gasteiger partial charge in [-0.05, 0) is 69.5 Å². The Morgan fingerprint density at radius 2 is 1.80 bits per heavy atom. The second-order valence-corrected chi connectivity index (χ2v) is 10.3. The predicted molar refractivity (Wildman–Crippen MR) is 157 cm³/mol. The fraction of sp³-hybridized carbons (Fsp3) is 0.452. The zero-order valence-corrected chi connectivity index (χ0v) is 23.9. The van der Waals surface area contributed by atoms with E-state index in [9.17, 15) is 14.4 Å². The van der Waals surface area contributed by atoms with Crippen LogP contribution in [0.15, 0.2) is 54.6 Å². The number of hydrogen-bond donors (Lipinski definition) is 3. The summed E-state index contributed by atoms with van der Waals surface area (Å²) in [5, 5.41) is 8.94. The van der Waals surface area contributed by atoms with Gasteiger partial charge in [0.25, 0.3) is 5.91 Å². The maximum Gasteiger partial charge on any atom is 0.255 e. The zero-order valence-electron chi connectivity index (χ0n) is 23.9. The third-order valence-corrected chi connectivity index (χ3v) is 7.62. The Balaban J connectivity index is 1.36. The number of benzene rings is 2. The number of nitrogens with one attached hydrogen (secondary N) is 3. The van der Waals surface area contributed by atoms with Gasteiger partial charge in [-0.2, -0.15) is 0 Å². The Bertz CT molecular complexity index is 1240. The summed E-state index contributed by atoms with van der Waals surface area (Å²) in [6.07, 6.45) is 7.27. The number of likely N-dealkylation sites (tertiary alicyclic amines) is 1. The number of para-hydroxylation sites is 1. The normalized spacial score (nSPS) is 19.2. The van der Waals surface area contributed by atoms with Crippen LogP contribution in [0.2, 0.25) is 0 Å². The van der Waals surface area contributed by atoms with E-state index in [4.69, 9.17) is 14.2 Å². The summed E-state index contributed by atoms with van der Waals surface area (Å²) in [6, 6.07) is 12.5. The molecular weight excluding hydrogens is 524 g/mol. The first-order valence-electron chi connectivity index (χ1n) is 14.1. The highest BCUT2D eigenvalue weighted by Gasteiger charge is 2.40. The fourth-order valence-electron chi connectivity index (χ4n) is 5.19. The lowest BCUT2D eigenvalue weighted by molar-refractivity contribution is -0.134. The lowest BCUT2D eigenvalue weighted by Crippen LogP contribution is -2.50. The minimum absolute atomic E-state index is 0.0207. The highest BCUT2D eigenvalue weighted by atomic mass is 16.5. The van der Waals surface area contributed by atoms with Crippen LogP contribution in [0.3, 0.4) is 0 Å². The van der Waals surface area contributed by atoms with Crippen LogP contribution in [0.1, 0.15) is 42.5 Å². The summed E-state index contributed by atoms with van der Waals surface area (Å²) in [5.74, 6) is 1.42. The summed E-state index contributed by atoms with van der Waals surface area (Å²) in [7, 11) is 3.12. The molecular formula is C31H40N4O6. The minimum Gasteiger partial charge on any atom is -0.497 e. The number of carbonyl (C=O) groups excluding carboxylic acids is 3. The Labute approximate surface area is 241 Å². The number of anilines is 1. The van der Waals surface area contributed by atoms with Gasteiger partial charge in [0.15, 0.2) is 0 Å². The molecule has 41 heavy (non-hydrogen) atoms. The number of piperidine rings is 1. The number of amides is 3. The molecule has 4 rings (SSSR count). The number of ether oxygens (including phenoxy) is 3. The van der Waals surface area contributed by atoms with Gasteiger partial charge in [0.1, 0.15) is 17.2 Å². The molecule has 0 aliphatic carbocycles. The van der Waals surface area contributed by atoms with Crippen LogP contribution in [0.5, 0.6) is 17.2 Å². The number of rotatable bonds is 5. The average Bonchev–Trinajstić information content (AvgIpc) is 2.99. The molecule has 10 nitrogen and oxygen atoms in total. The molecule has 1 spiro atoms. The van der Waals surface area contributed by atoms with Crippen LogP contribution in [0.4, 0.5) is 5.69 Å². The van der Waals surface area contributed by atoms with Crippen molar-refractivity contribution in [3.05, 3.63) is 60.2 Å². The SMILES string of the molecule is COc1ccc(OC)c(NC(=O)CN2CCC3(C/C=C\CCOc4ccccc4C(=O)NCCCNC3=O)CC2)c1. The molecule has 0 saturated carbocycles. The van der Waals surface area contributed by atoms with Crippen molar-refractivity contribution in [2.24, 2.45) is 5.41 Å². The van der Waals surface area contributed by atoms with E-state index in [0.29, 0.717) is 93.4 Å². The molecule has 2 aromatic carbocycles. The molecule has 3 N–H and O–H groups in total. The number of allylic oxidation sites excluding steroid dienone is 1. The lowest BCUT2D eigenvalue weighted by atomic mass is 9.74. The van der Waals surface area contributed by atoms with Gasteiger partial charge in [-0.15, -0.1) is 0 Å². The molecule has 0 bridgehead atoms. The van der Waals surface area contributed by atoms with E-state index in [1.54, 1.807) is 44.6 Å². The monoisotopic (exact) mass is 564 g/mol. The second-order valence-electron chi connectivity index (χ2n) is 10.3. The van der Waals surface area contributed by atoms with Crippen LogP contribution < -0.4 is 30.2 Å². The third-order valence-electron chi connectivity index (χ3n) is 7.62. The molecule has 220 valence electrons. The van der Waals surface area contributed by atoms with Gasteiger partial charge >= 0.3 is 0 Å². The number of hydrogen-bond acceptors (Lipinski definition) is 7. The molecule has 1 fully saturated rings. The molecule has 2 aliphatic rings. The third kappa shape index (κ3) is 8.00. The fourth-order valence-corrected chi connectivity index (χ4v) is 5.19. The first-order valence-corrected chi connectivity index (χ1v) is 14.1. The topological polar surface area (TPSA) is 118 Å². The van der Waals surface area contributed by atoms with Gasteiger partial charge in [-0.1, -0.05) is 24.3 Å². The molecule has 0 atom stereocenters. The number of nitrogens with zero attached hydrogens (tertiary/aromatic N) is 1. The van der Waals surface area contributed by atoms with E-state index in [2.05, 4.69) is 26.9 Å². The molecule has 10 heteroatoms. The maximum absolute atomic E-state index is 13.4. The van der Waals surface area contributed by atoms with Crippen molar-refractivity contribution < 1.29 is 28.6 Å². The van der Waals surface area contributed by atoms with Gasteiger partial charge in [-0.3, -0.25) is 19.3 Å². The van der Waals surface area contributed by atoms with Gasteiger partial charge in [0, 0.05) is 19.2 Å². The van der Waals surface area contributed by atoms with E-state index in [-0.39, 0.29) is 24.3 Å². The average molecular weight is 565 g/mol. The Hall–Kier alpha value is -4.05. The summed E-state index contributed by atoms with van der Waals surface area (Å²) >= 11 is 0. The Kier molecular flexibility index (Phi) is 10.6. The molecule has 3 amide bonds. The number of fused-ring (bicyclic) bond motifs is 1. The van der Waals surface area contributed by atoms with E-state index in [1.807, 2.05) is 18.2 Å². The number of carbonyl (C=O) groups is 3. The highest BCUT2D eigenvalue weighted by molar-refractivity contribution is 5.97. The van der Waals surface area contributed by atoms with Crippen molar-refractivity contribution in [1.29, 1.82) is 0 Å². The van der Waals surface area contributed by atoms with Crippen molar-refractivity contribution in [3.63, 3.8) is 0 Å². The first-order chi connectivity index (χ1) is 19.9. The van der Waals surface area contributed by atoms with Crippen molar-refractivity contribution in [1.82, 2.24) is 15.5 Å². The summed E-state index contributed by atoms with van der Waals surface area (Å²) < 4.78 is 16.5. The first kappa shape index (κ1) is 29.9. The Morgan fingerprint density at radius 3 is 2.59 bits per heavy atom. The van der Waals surface area contributed by atoms with Crippen molar-refractivity contribution >= 4 is 23.4 Å². The molecule has 2 heterocycles. The molecule has 0 radical (unpaired) electrons. The van der Waals surface area contributed by atoms with E-state index in [1.165, 1.54) is 0 Å². The van der Waals surface area contributed by atoms with Gasteiger partial charge < -0.3 is 30.2 Å². The second kappa shape index (κ2) is 14.5. The summed E-state index contributed by atoms with van der Waals surface area (Å²) in [5.41, 5.74) is 0.512. The summed E-state index contributed by atoms with van der Waals surface area (Å²) in [4.78, 5) is 41.0. The quantitative estimate of drug-likeness (QED) is 0.477. The van der Waals surface area contributed by atoms with Gasteiger partial charge in [-0.25, -0.2) is 0 Å². The van der Waals surface area contributed by atoms with Gasteiger partial charge in [0.05, 0.1) is 44.0 Å². The predicted octanol–water partition coefficient (Wildman–Crippen LogP) is 3.39. The van der Waals surface area contributed by atoms with E-state index >= 15 is 0 Å². The van der Waals surface area contributed by atoms with E-state index < -0.39 is 5.41 Å². The lowest BCUT2D eigenvalue weighted by Gasteiger charge is -2.40. The number of methoxy groups -OCH3 is 2. The molecule has 0 unspecified atom stereocenters. The molecule has 0 aromatic heterocycles. The standard InChI is InChI=1S/C31H40N4O6/c1-39-23-11-12-27(40-2)25(21-23)34-28(36)22-35-18-14-31(15-19-35)13-6-3-7-20-41-26-10-5-4-9-24(26)29(37)32-16-8-17-33-30(31)38/h3-6,9-12,21H,7-8,13-20,22H2,1-2H3,(H,32,37)(H,33,38)(H,34,36)/b6-3-. The van der Waals surface area contributed by atoms with Crippen LogP contribution in [-0.4, -0.2) is 76.2 Å². The molecule has 2 aliphatic heterocycles. The largest absolute Gasteiger partial charge is 0.497 e. The minimum atomic E-state index is -0.548.